The van der Waals surface area contributed by atoms with Gasteiger partial charge in [0.1, 0.15) is 11.8 Å². The van der Waals surface area contributed by atoms with Gasteiger partial charge < -0.3 is 9.47 Å². The lowest BCUT2D eigenvalue weighted by Crippen LogP contribution is -2.44. The Balaban J connectivity index is 1.74. The molecule has 3 unspecified atom stereocenters. The van der Waals surface area contributed by atoms with E-state index in [4.69, 9.17) is 9.47 Å². The van der Waals surface area contributed by atoms with Crippen molar-refractivity contribution in [3.8, 4) is 0 Å². The third kappa shape index (κ3) is 6.38. The highest BCUT2D eigenvalue weighted by Crippen LogP contribution is 2.40. The van der Waals surface area contributed by atoms with Crippen LogP contribution < -0.4 is 0 Å². The highest BCUT2D eigenvalue weighted by atomic mass is 16.6. The number of unbranched alkanes of at least 4 members (excludes halogenated alkanes) is 2. The van der Waals surface area contributed by atoms with Crippen LogP contribution in [0.2, 0.25) is 0 Å². The largest absolute Gasteiger partial charge is 0.468 e. The van der Waals surface area contributed by atoms with Gasteiger partial charge in [-0.1, -0.05) is 42.5 Å². The molecule has 184 valence electrons. The van der Waals surface area contributed by atoms with Gasteiger partial charge in [-0.3, -0.25) is 24.5 Å². The van der Waals surface area contributed by atoms with Gasteiger partial charge in [0, 0.05) is 23.8 Å². The van der Waals surface area contributed by atoms with Crippen LogP contribution in [0.5, 0.6) is 0 Å². The predicted octanol–water partition coefficient (Wildman–Crippen LogP) is 4.04. The lowest BCUT2D eigenvalue weighted by molar-refractivity contribution is -0.384. The summed E-state index contributed by atoms with van der Waals surface area (Å²) in [7, 11) is 1.13. The van der Waals surface area contributed by atoms with Crippen molar-refractivity contribution in [1.82, 2.24) is 0 Å². The summed E-state index contributed by atoms with van der Waals surface area (Å²) in [5, 5.41) is 11.3. The van der Waals surface area contributed by atoms with Crippen LogP contribution in [-0.2, 0) is 30.3 Å². The van der Waals surface area contributed by atoms with Crippen LogP contribution in [0.3, 0.4) is 0 Å². The number of hydrogen-bond acceptors (Lipinski definition) is 7. The zero-order valence-corrected chi connectivity index (χ0v) is 19.7. The number of hydrogen-bond donors (Lipinski definition) is 0. The maximum Gasteiger partial charge on any atom is 0.318 e. The minimum absolute atomic E-state index is 0.176. The molecule has 0 aliphatic carbocycles. The molecule has 0 saturated carbocycles. The number of rotatable bonds is 10. The number of benzene rings is 2. The molecule has 3 atom stereocenters. The van der Waals surface area contributed by atoms with Crippen molar-refractivity contribution < 1.29 is 28.8 Å². The van der Waals surface area contributed by atoms with E-state index in [9.17, 15) is 24.5 Å². The molecule has 35 heavy (non-hydrogen) atoms. The van der Waals surface area contributed by atoms with E-state index in [1.54, 1.807) is 6.07 Å². The van der Waals surface area contributed by atoms with Crippen molar-refractivity contribution in [2.45, 2.75) is 38.5 Å². The maximum absolute atomic E-state index is 13.1. The fourth-order valence-corrected chi connectivity index (χ4v) is 4.36. The molecule has 1 amide bonds. The Morgan fingerprint density at radius 2 is 1.74 bits per heavy atom. The Hall–Kier alpha value is -3.88. The number of non-ortho nitro benzene ring substituents is 1. The summed E-state index contributed by atoms with van der Waals surface area (Å²) in [4.78, 5) is 52.9. The number of aryl methyl sites for hydroxylation is 1. The number of carbonyl (C=O) groups excluding carboxylic acids is 3. The summed E-state index contributed by atoms with van der Waals surface area (Å²) in [5.74, 6) is -5.74. The second kappa shape index (κ2) is 12.0. The third-order valence-electron chi connectivity index (χ3n) is 6.09. The number of carbonyl (C=O) groups is 3. The minimum atomic E-state index is -1.41. The third-order valence-corrected chi connectivity index (χ3v) is 6.09. The van der Waals surface area contributed by atoms with Crippen molar-refractivity contribution in [2.75, 3.05) is 13.7 Å². The number of aliphatic imine (C=N–C) groups is 1. The number of ether oxygens (including phenoxy) is 2. The van der Waals surface area contributed by atoms with Gasteiger partial charge in [0.05, 0.1) is 18.6 Å². The number of nitro benzene ring substituents is 1. The lowest BCUT2D eigenvalue weighted by atomic mass is 9.72. The first-order valence-corrected chi connectivity index (χ1v) is 11.4. The van der Waals surface area contributed by atoms with Gasteiger partial charge in [0.25, 0.3) is 11.6 Å². The van der Waals surface area contributed by atoms with Crippen LogP contribution >= 0.6 is 0 Å². The second-order valence-corrected chi connectivity index (χ2v) is 8.41. The number of nitro groups is 1. The van der Waals surface area contributed by atoms with Crippen LogP contribution in [0.25, 0.3) is 0 Å². The van der Waals surface area contributed by atoms with Crippen LogP contribution in [0.1, 0.15) is 43.2 Å². The molecule has 9 heteroatoms. The summed E-state index contributed by atoms with van der Waals surface area (Å²) >= 11 is 0. The lowest BCUT2D eigenvalue weighted by Gasteiger charge is -2.33. The molecule has 0 N–H and O–H groups in total. The first kappa shape index (κ1) is 25.7. The molecule has 0 saturated heterocycles. The summed E-state index contributed by atoms with van der Waals surface area (Å²) in [5.41, 5.74) is 1.52. The van der Waals surface area contributed by atoms with Gasteiger partial charge in [-0.05, 0) is 43.7 Å². The first-order chi connectivity index (χ1) is 16.8. The number of nitrogens with zero attached hydrogens (tertiary/aromatic N) is 2. The molecular weight excluding hydrogens is 452 g/mol. The SMILES string of the molecule is COC(=O)C1C(=O)N=C(C)C(C(=O)OCCCCCc2ccccc2)C1c1cccc([N+](=O)[O-])c1. The van der Waals surface area contributed by atoms with E-state index in [0.29, 0.717) is 12.0 Å². The fourth-order valence-electron chi connectivity index (χ4n) is 4.36. The second-order valence-electron chi connectivity index (χ2n) is 8.41. The zero-order valence-electron chi connectivity index (χ0n) is 19.7. The molecule has 1 aliphatic heterocycles. The first-order valence-electron chi connectivity index (χ1n) is 11.4. The van der Waals surface area contributed by atoms with E-state index in [0.717, 1.165) is 26.4 Å². The smallest absolute Gasteiger partial charge is 0.318 e. The average molecular weight is 481 g/mol. The van der Waals surface area contributed by atoms with Crippen LogP contribution in [-0.4, -0.2) is 42.2 Å². The Morgan fingerprint density at radius 3 is 2.43 bits per heavy atom. The molecule has 0 spiro atoms. The van der Waals surface area contributed by atoms with E-state index < -0.39 is 40.5 Å². The Morgan fingerprint density at radius 1 is 1.00 bits per heavy atom. The molecule has 1 aliphatic rings. The van der Waals surface area contributed by atoms with Gasteiger partial charge >= 0.3 is 11.9 Å². The minimum Gasteiger partial charge on any atom is -0.468 e. The molecule has 3 rings (SSSR count). The topological polar surface area (TPSA) is 125 Å². The average Bonchev–Trinajstić information content (AvgIpc) is 2.85. The van der Waals surface area contributed by atoms with Crippen molar-refractivity contribution in [3.63, 3.8) is 0 Å². The van der Waals surface area contributed by atoms with Crippen molar-refractivity contribution >= 4 is 29.2 Å². The van der Waals surface area contributed by atoms with Gasteiger partial charge in [-0.2, -0.15) is 0 Å². The van der Waals surface area contributed by atoms with E-state index in [1.807, 2.05) is 18.2 Å². The fraction of sp³-hybridized carbons (Fsp3) is 0.385. The van der Waals surface area contributed by atoms with E-state index >= 15 is 0 Å². The maximum atomic E-state index is 13.1. The molecule has 1 heterocycles. The normalized spacial score (nSPS) is 19.5. The van der Waals surface area contributed by atoms with Crippen molar-refractivity contribution in [2.24, 2.45) is 16.8 Å². The van der Waals surface area contributed by atoms with Gasteiger partial charge in [-0.25, -0.2) is 4.99 Å². The van der Waals surface area contributed by atoms with E-state index in [2.05, 4.69) is 17.1 Å². The highest BCUT2D eigenvalue weighted by molar-refractivity contribution is 6.14. The molecule has 0 radical (unpaired) electrons. The molecular formula is C26H28N2O7. The Bertz CT molecular complexity index is 1110. The summed E-state index contributed by atoms with van der Waals surface area (Å²) in [6.45, 7) is 1.69. The summed E-state index contributed by atoms with van der Waals surface area (Å²) in [6, 6.07) is 15.6. The van der Waals surface area contributed by atoms with Crippen LogP contribution in [0.15, 0.2) is 59.6 Å². The van der Waals surface area contributed by atoms with Crippen molar-refractivity contribution in [3.05, 3.63) is 75.8 Å². The summed E-state index contributed by atoms with van der Waals surface area (Å²) < 4.78 is 10.3. The van der Waals surface area contributed by atoms with E-state index in [1.165, 1.54) is 30.7 Å². The molecule has 2 aromatic carbocycles. The molecule has 0 bridgehead atoms. The van der Waals surface area contributed by atoms with Gasteiger partial charge in [-0.15, -0.1) is 0 Å². The Kier molecular flexibility index (Phi) is 8.83. The molecule has 0 aromatic heterocycles. The van der Waals surface area contributed by atoms with Crippen molar-refractivity contribution in [1.29, 1.82) is 0 Å². The highest BCUT2D eigenvalue weighted by Gasteiger charge is 2.49. The molecule has 9 nitrogen and oxygen atoms in total. The Labute approximate surface area is 203 Å². The monoisotopic (exact) mass is 480 g/mol. The number of methoxy groups -OCH3 is 1. The quantitative estimate of drug-likeness (QED) is 0.165. The molecule has 0 fully saturated rings. The summed E-state index contributed by atoms with van der Waals surface area (Å²) in [6.07, 6.45) is 3.39. The molecule has 2 aromatic rings. The van der Waals surface area contributed by atoms with Crippen LogP contribution in [0, 0.1) is 22.0 Å². The number of esters is 2. The standard InChI is InChI=1S/C26H28N2O7/c1-17-21(26(31)35-15-8-4-7-12-18-10-5-3-6-11-18)22(23(24(29)27-17)25(30)34-2)19-13-9-14-20(16-19)28(32)33/h3,5-6,9-11,13-14,16,21-23H,4,7-8,12,15H2,1-2H3. The number of amides is 1. The predicted molar refractivity (Wildman–Crippen MR) is 128 cm³/mol. The van der Waals surface area contributed by atoms with Gasteiger partial charge in [0.15, 0.2) is 0 Å². The van der Waals surface area contributed by atoms with Crippen LogP contribution in [0.4, 0.5) is 5.69 Å². The van der Waals surface area contributed by atoms with Gasteiger partial charge in [0.2, 0.25) is 0 Å². The van der Waals surface area contributed by atoms with E-state index in [-0.39, 0.29) is 18.0 Å². The zero-order chi connectivity index (χ0) is 25.4.